The molecule has 1 aromatic heterocycles. The van der Waals surface area contributed by atoms with Crippen molar-refractivity contribution in [1.82, 2.24) is 10.3 Å². The second-order valence-corrected chi connectivity index (χ2v) is 5.99. The predicted octanol–water partition coefficient (Wildman–Crippen LogP) is 3.04. The average molecular weight is 242 g/mol. The van der Waals surface area contributed by atoms with Crippen LogP contribution in [0.3, 0.4) is 0 Å². The molecule has 0 spiro atoms. The van der Waals surface area contributed by atoms with E-state index in [1.807, 2.05) is 11.8 Å². The first kappa shape index (κ1) is 11.4. The Morgan fingerprint density at radius 2 is 2.47 bits per heavy atom. The summed E-state index contributed by atoms with van der Waals surface area (Å²) in [7, 11) is 0. The van der Waals surface area contributed by atoms with Crippen LogP contribution in [0.4, 0.5) is 0 Å². The summed E-state index contributed by atoms with van der Waals surface area (Å²) in [5.41, 5.74) is 1.22. The zero-order valence-electron chi connectivity index (χ0n) is 9.16. The molecule has 1 heterocycles. The molecular weight excluding hydrogens is 224 g/mol. The standard InChI is InChI=1S/C11H18N2S2/c1-2-5-14-8-11-13-10(7-15-11)6-12-9-3-4-9/h7,9,12H,2-6,8H2,1H3. The van der Waals surface area contributed by atoms with Crippen LogP contribution in [0.15, 0.2) is 5.38 Å². The molecule has 1 aliphatic carbocycles. The van der Waals surface area contributed by atoms with Gasteiger partial charge in [0.25, 0.3) is 0 Å². The number of rotatable bonds is 7. The summed E-state index contributed by atoms with van der Waals surface area (Å²) in [6.07, 6.45) is 3.96. The number of hydrogen-bond acceptors (Lipinski definition) is 4. The highest BCUT2D eigenvalue weighted by atomic mass is 32.2. The van der Waals surface area contributed by atoms with Crippen molar-refractivity contribution < 1.29 is 0 Å². The Labute approximate surface area is 99.9 Å². The van der Waals surface area contributed by atoms with Crippen LogP contribution in [0.5, 0.6) is 0 Å². The number of nitrogens with one attached hydrogen (secondary N) is 1. The van der Waals surface area contributed by atoms with Crippen molar-refractivity contribution in [3.05, 3.63) is 16.1 Å². The lowest BCUT2D eigenvalue weighted by molar-refractivity contribution is 0.676. The molecule has 15 heavy (non-hydrogen) atoms. The molecule has 4 heteroatoms. The zero-order valence-corrected chi connectivity index (χ0v) is 10.8. The first-order chi connectivity index (χ1) is 7.38. The van der Waals surface area contributed by atoms with Crippen molar-refractivity contribution in [2.24, 2.45) is 0 Å². The van der Waals surface area contributed by atoms with Crippen LogP contribution < -0.4 is 5.32 Å². The molecule has 84 valence electrons. The van der Waals surface area contributed by atoms with Gasteiger partial charge < -0.3 is 5.32 Å². The number of thioether (sulfide) groups is 1. The minimum absolute atomic E-state index is 0.782. The molecule has 0 unspecified atom stereocenters. The van der Waals surface area contributed by atoms with Gasteiger partial charge in [0, 0.05) is 23.7 Å². The summed E-state index contributed by atoms with van der Waals surface area (Å²) in [6, 6.07) is 0.782. The summed E-state index contributed by atoms with van der Waals surface area (Å²) in [6.45, 7) is 3.18. The summed E-state index contributed by atoms with van der Waals surface area (Å²) >= 11 is 3.78. The van der Waals surface area contributed by atoms with E-state index in [-0.39, 0.29) is 0 Å². The van der Waals surface area contributed by atoms with E-state index in [0.717, 1.165) is 18.3 Å². The molecular formula is C11H18N2S2. The highest BCUT2D eigenvalue weighted by Gasteiger charge is 2.20. The second-order valence-electron chi connectivity index (χ2n) is 3.94. The summed E-state index contributed by atoms with van der Waals surface area (Å²) < 4.78 is 0. The molecule has 2 nitrogen and oxygen atoms in total. The SMILES string of the molecule is CCCSCc1nc(CNC2CC2)cs1. The van der Waals surface area contributed by atoms with Gasteiger partial charge in [-0.2, -0.15) is 11.8 Å². The van der Waals surface area contributed by atoms with E-state index in [1.54, 1.807) is 11.3 Å². The van der Waals surface area contributed by atoms with Gasteiger partial charge in [0.15, 0.2) is 0 Å². The maximum Gasteiger partial charge on any atom is 0.103 e. The van der Waals surface area contributed by atoms with Crippen molar-refractivity contribution in [2.45, 2.75) is 44.5 Å². The Morgan fingerprint density at radius 3 is 3.20 bits per heavy atom. The van der Waals surface area contributed by atoms with E-state index in [2.05, 4.69) is 22.6 Å². The molecule has 1 fully saturated rings. The molecule has 0 radical (unpaired) electrons. The molecule has 1 aliphatic rings. The molecule has 1 aromatic rings. The van der Waals surface area contributed by atoms with Gasteiger partial charge in [0.05, 0.1) is 5.69 Å². The third-order valence-corrected chi connectivity index (χ3v) is 4.58. The molecule has 0 bridgehead atoms. The smallest absolute Gasteiger partial charge is 0.103 e. The molecule has 0 atom stereocenters. The molecule has 0 aromatic carbocycles. The largest absolute Gasteiger partial charge is 0.308 e. The van der Waals surface area contributed by atoms with E-state index in [4.69, 9.17) is 0 Å². The van der Waals surface area contributed by atoms with Crippen LogP contribution in [-0.4, -0.2) is 16.8 Å². The number of hydrogen-bond donors (Lipinski definition) is 1. The number of aromatic nitrogens is 1. The van der Waals surface area contributed by atoms with Crippen LogP contribution in [0.1, 0.15) is 36.9 Å². The minimum atomic E-state index is 0.782. The van der Waals surface area contributed by atoms with E-state index in [9.17, 15) is 0 Å². The van der Waals surface area contributed by atoms with Gasteiger partial charge in [-0.15, -0.1) is 11.3 Å². The van der Waals surface area contributed by atoms with Crippen molar-refractivity contribution in [1.29, 1.82) is 0 Å². The fraction of sp³-hybridized carbons (Fsp3) is 0.727. The molecule has 1 N–H and O–H groups in total. The lowest BCUT2D eigenvalue weighted by atomic mass is 10.5. The van der Waals surface area contributed by atoms with E-state index in [0.29, 0.717) is 0 Å². The Kier molecular flexibility index (Phi) is 4.47. The first-order valence-corrected chi connectivity index (χ1v) is 7.66. The third-order valence-electron chi connectivity index (χ3n) is 2.32. The second kappa shape index (κ2) is 5.87. The van der Waals surface area contributed by atoms with Crippen LogP contribution in [0, 0.1) is 0 Å². The van der Waals surface area contributed by atoms with Gasteiger partial charge in [-0.05, 0) is 25.0 Å². The van der Waals surface area contributed by atoms with Crippen LogP contribution in [-0.2, 0) is 12.3 Å². The van der Waals surface area contributed by atoms with Crippen molar-refractivity contribution in [3.63, 3.8) is 0 Å². The third kappa shape index (κ3) is 4.13. The Balaban J connectivity index is 1.70. The van der Waals surface area contributed by atoms with Crippen LogP contribution in [0.2, 0.25) is 0 Å². The first-order valence-electron chi connectivity index (χ1n) is 5.63. The van der Waals surface area contributed by atoms with Crippen molar-refractivity contribution >= 4 is 23.1 Å². The molecule has 0 amide bonds. The molecule has 0 aliphatic heterocycles. The Hall–Kier alpha value is -0.0600. The maximum absolute atomic E-state index is 4.62. The van der Waals surface area contributed by atoms with Crippen molar-refractivity contribution in [3.8, 4) is 0 Å². The Bertz CT molecular complexity index is 295. The van der Waals surface area contributed by atoms with Gasteiger partial charge in [0.1, 0.15) is 5.01 Å². The fourth-order valence-electron chi connectivity index (χ4n) is 1.34. The normalized spacial score (nSPS) is 15.8. The molecule has 1 saturated carbocycles. The lowest BCUT2D eigenvalue weighted by Crippen LogP contribution is -2.15. The fourth-order valence-corrected chi connectivity index (χ4v) is 3.11. The van der Waals surface area contributed by atoms with Crippen LogP contribution >= 0.6 is 23.1 Å². The molecule has 0 saturated heterocycles. The highest BCUT2D eigenvalue weighted by Crippen LogP contribution is 2.21. The van der Waals surface area contributed by atoms with E-state index in [1.165, 1.54) is 35.7 Å². The van der Waals surface area contributed by atoms with E-state index >= 15 is 0 Å². The lowest BCUT2D eigenvalue weighted by Gasteiger charge is -1.97. The van der Waals surface area contributed by atoms with Gasteiger partial charge in [-0.25, -0.2) is 4.98 Å². The molecule has 2 rings (SSSR count). The summed E-state index contributed by atoms with van der Waals surface area (Å²) in [5, 5.41) is 6.96. The van der Waals surface area contributed by atoms with Gasteiger partial charge >= 0.3 is 0 Å². The summed E-state index contributed by atoms with van der Waals surface area (Å²) in [4.78, 5) is 4.62. The zero-order chi connectivity index (χ0) is 10.5. The number of nitrogens with zero attached hydrogens (tertiary/aromatic N) is 1. The van der Waals surface area contributed by atoms with Crippen LogP contribution in [0.25, 0.3) is 0 Å². The highest BCUT2D eigenvalue weighted by molar-refractivity contribution is 7.98. The van der Waals surface area contributed by atoms with E-state index < -0.39 is 0 Å². The van der Waals surface area contributed by atoms with Gasteiger partial charge in [-0.3, -0.25) is 0 Å². The monoisotopic (exact) mass is 242 g/mol. The van der Waals surface area contributed by atoms with Gasteiger partial charge in [-0.1, -0.05) is 6.92 Å². The summed E-state index contributed by atoms with van der Waals surface area (Å²) in [5.74, 6) is 2.33. The van der Waals surface area contributed by atoms with Crippen molar-refractivity contribution in [2.75, 3.05) is 5.75 Å². The van der Waals surface area contributed by atoms with Gasteiger partial charge in [0.2, 0.25) is 0 Å². The average Bonchev–Trinajstić information content (AvgIpc) is 2.97. The Morgan fingerprint density at radius 1 is 1.60 bits per heavy atom. The quantitative estimate of drug-likeness (QED) is 0.744. The number of thiazole rings is 1. The predicted molar refractivity (Wildman–Crippen MR) is 68.4 cm³/mol. The maximum atomic E-state index is 4.62. The topological polar surface area (TPSA) is 24.9 Å². The minimum Gasteiger partial charge on any atom is -0.308 e.